The maximum Gasteiger partial charge on any atom is 0.123 e. The van der Waals surface area contributed by atoms with Crippen molar-refractivity contribution >= 4 is 22.3 Å². The third-order valence-electron chi connectivity index (χ3n) is 8.38. The van der Waals surface area contributed by atoms with E-state index in [-0.39, 0.29) is 11.6 Å². The van der Waals surface area contributed by atoms with Gasteiger partial charge in [0.15, 0.2) is 0 Å². The minimum atomic E-state index is -0.289. The molecule has 42 heavy (non-hydrogen) atoms. The van der Waals surface area contributed by atoms with Crippen molar-refractivity contribution in [2.75, 3.05) is 0 Å². The Balaban J connectivity index is 1.61. The fraction of sp³-hybridized carbons (Fsp3) is 0. The zero-order valence-electron chi connectivity index (χ0n) is 22.6. The van der Waals surface area contributed by atoms with Crippen LogP contribution in [-0.4, -0.2) is 0 Å². The maximum absolute atomic E-state index is 14.4. The monoisotopic (exact) mass is 542 g/mol. The van der Waals surface area contributed by atoms with Crippen molar-refractivity contribution in [3.63, 3.8) is 0 Å². The van der Waals surface area contributed by atoms with E-state index in [4.69, 9.17) is 0 Å². The summed E-state index contributed by atoms with van der Waals surface area (Å²) in [5, 5.41) is 0. The van der Waals surface area contributed by atoms with Crippen LogP contribution in [0.25, 0.3) is 44.5 Å². The Kier molecular flexibility index (Phi) is 5.61. The van der Waals surface area contributed by atoms with Crippen LogP contribution in [-0.2, 0) is 0 Å². The van der Waals surface area contributed by atoms with Crippen LogP contribution in [0.2, 0.25) is 0 Å². The van der Waals surface area contributed by atoms with Gasteiger partial charge in [-0.3, -0.25) is 0 Å². The second-order valence-electron chi connectivity index (χ2n) is 10.7. The molecule has 6 aromatic carbocycles. The predicted molar refractivity (Wildman–Crippen MR) is 168 cm³/mol. The molecule has 0 N–H and O–H groups in total. The van der Waals surface area contributed by atoms with Crippen LogP contribution in [0.1, 0.15) is 33.4 Å². The first-order valence-electron chi connectivity index (χ1n) is 14.1. The molecule has 0 bridgehead atoms. The summed E-state index contributed by atoms with van der Waals surface area (Å²) in [5.41, 5.74) is 15.1. The zero-order chi connectivity index (χ0) is 28.2. The van der Waals surface area contributed by atoms with Crippen molar-refractivity contribution < 1.29 is 8.78 Å². The van der Waals surface area contributed by atoms with Crippen LogP contribution >= 0.6 is 0 Å². The second-order valence-corrected chi connectivity index (χ2v) is 10.7. The van der Waals surface area contributed by atoms with E-state index >= 15 is 0 Å². The first-order valence-corrected chi connectivity index (χ1v) is 14.1. The van der Waals surface area contributed by atoms with Crippen LogP contribution < -0.4 is 0 Å². The Hall–Kier alpha value is -5.34. The highest BCUT2D eigenvalue weighted by Crippen LogP contribution is 2.55. The van der Waals surface area contributed by atoms with Gasteiger partial charge in [-0.15, -0.1) is 0 Å². The molecule has 6 aromatic rings. The van der Waals surface area contributed by atoms with Crippen molar-refractivity contribution in [3.8, 4) is 22.3 Å². The van der Waals surface area contributed by atoms with Gasteiger partial charge in [0.25, 0.3) is 0 Å². The Morgan fingerprint density at radius 3 is 0.786 bits per heavy atom. The van der Waals surface area contributed by atoms with E-state index in [0.29, 0.717) is 0 Å². The van der Waals surface area contributed by atoms with Gasteiger partial charge in [0.1, 0.15) is 11.6 Å². The number of benzene rings is 6. The lowest BCUT2D eigenvalue weighted by molar-refractivity contribution is 0.627. The Morgan fingerprint density at radius 1 is 0.286 bits per heavy atom. The van der Waals surface area contributed by atoms with E-state index in [1.165, 1.54) is 46.5 Å². The number of hydrogen-bond acceptors (Lipinski definition) is 0. The minimum absolute atomic E-state index is 0.289. The maximum atomic E-state index is 14.4. The highest BCUT2D eigenvalue weighted by molar-refractivity contribution is 6.29. The van der Waals surface area contributed by atoms with Gasteiger partial charge in [0.2, 0.25) is 0 Å². The van der Waals surface area contributed by atoms with Crippen molar-refractivity contribution in [1.29, 1.82) is 0 Å². The Morgan fingerprint density at radius 2 is 0.524 bits per heavy atom. The van der Waals surface area contributed by atoms with E-state index in [1.54, 1.807) is 0 Å². The standard InChI is InChI=1S/C40H24F2/c41-27-21-17-25(18-22-27)37(39-33-13-5-1-9-29(33)30-10-2-6-14-34(30)39)38(26-19-23-28(42)24-20-26)40-35-15-7-3-11-31(35)32-12-4-8-16-36(32)40/h1-24H. The number of hydrogen-bond donors (Lipinski definition) is 0. The number of allylic oxidation sites excluding steroid dienone is 2. The topological polar surface area (TPSA) is 0 Å². The molecule has 0 amide bonds. The molecular weight excluding hydrogens is 518 g/mol. The third kappa shape index (κ3) is 3.73. The van der Waals surface area contributed by atoms with Gasteiger partial charge in [0, 0.05) is 0 Å². The molecule has 0 saturated heterocycles. The van der Waals surface area contributed by atoms with E-state index in [0.717, 1.165) is 55.7 Å². The van der Waals surface area contributed by atoms with Gasteiger partial charge in [0.05, 0.1) is 0 Å². The molecule has 8 rings (SSSR count). The first kappa shape index (κ1) is 24.5. The zero-order valence-corrected chi connectivity index (χ0v) is 22.6. The summed E-state index contributed by atoms with van der Waals surface area (Å²) in [6.45, 7) is 0. The lowest BCUT2D eigenvalue weighted by atomic mass is 9.80. The molecule has 0 nitrogen and oxygen atoms in total. The molecule has 0 unspecified atom stereocenters. The van der Waals surface area contributed by atoms with Crippen molar-refractivity contribution in [3.05, 3.63) is 191 Å². The molecule has 2 heteroatoms. The fourth-order valence-corrected chi connectivity index (χ4v) is 6.63. The van der Waals surface area contributed by atoms with E-state index in [2.05, 4.69) is 97.1 Å². The SMILES string of the molecule is Fc1ccc(C(C(=C2c3ccccc3-c3ccccc32)c2ccc(F)cc2)=C2c3ccccc3-c3ccccc32)cc1. The highest BCUT2D eigenvalue weighted by Gasteiger charge is 2.32. The second kappa shape index (κ2) is 9.64. The summed E-state index contributed by atoms with van der Waals surface area (Å²) in [6.07, 6.45) is 0. The third-order valence-corrected chi connectivity index (χ3v) is 8.38. The lowest BCUT2D eigenvalue weighted by Crippen LogP contribution is -2.00. The van der Waals surface area contributed by atoms with Crippen LogP contribution in [0, 0.1) is 11.6 Å². The van der Waals surface area contributed by atoms with E-state index in [9.17, 15) is 8.78 Å². The largest absolute Gasteiger partial charge is 0.207 e. The molecule has 0 heterocycles. The number of halogens is 2. The summed E-state index contributed by atoms with van der Waals surface area (Å²) in [5.74, 6) is -0.578. The van der Waals surface area contributed by atoms with E-state index < -0.39 is 0 Å². The van der Waals surface area contributed by atoms with Gasteiger partial charge in [-0.2, -0.15) is 0 Å². The lowest BCUT2D eigenvalue weighted by Gasteiger charge is -2.22. The first-order chi connectivity index (χ1) is 20.7. The van der Waals surface area contributed by atoms with Crippen LogP contribution in [0.4, 0.5) is 8.78 Å². The molecule has 0 radical (unpaired) electrons. The van der Waals surface area contributed by atoms with Crippen LogP contribution in [0.15, 0.2) is 146 Å². The normalized spacial score (nSPS) is 12.4. The minimum Gasteiger partial charge on any atom is -0.207 e. The fourth-order valence-electron chi connectivity index (χ4n) is 6.63. The molecule has 2 aliphatic carbocycles. The predicted octanol–water partition coefficient (Wildman–Crippen LogP) is 10.5. The van der Waals surface area contributed by atoms with Gasteiger partial charge in [-0.25, -0.2) is 8.78 Å². The summed E-state index contributed by atoms with van der Waals surface area (Å²) in [7, 11) is 0. The summed E-state index contributed by atoms with van der Waals surface area (Å²) in [6, 6.07) is 47.4. The summed E-state index contributed by atoms with van der Waals surface area (Å²) in [4.78, 5) is 0. The van der Waals surface area contributed by atoms with Crippen molar-refractivity contribution in [2.24, 2.45) is 0 Å². The molecule has 198 valence electrons. The van der Waals surface area contributed by atoms with Crippen molar-refractivity contribution in [2.45, 2.75) is 0 Å². The molecular formula is C40H24F2. The highest BCUT2D eigenvalue weighted by atomic mass is 19.1. The Labute approximate surface area is 243 Å². The van der Waals surface area contributed by atoms with E-state index in [1.807, 2.05) is 24.3 Å². The average molecular weight is 543 g/mol. The van der Waals surface area contributed by atoms with Gasteiger partial charge < -0.3 is 0 Å². The smallest absolute Gasteiger partial charge is 0.123 e. The summed E-state index contributed by atoms with van der Waals surface area (Å²) >= 11 is 0. The molecule has 0 aromatic heterocycles. The average Bonchev–Trinajstić information content (AvgIpc) is 3.54. The quantitative estimate of drug-likeness (QED) is 0.208. The van der Waals surface area contributed by atoms with Crippen LogP contribution in [0.3, 0.4) is 0 Å². The molecule has 2 aliphatic rings. The van der Waals surface area contributed by atoms with Crippen molar-refractivity contribution in [1.82, 2.24) is 0 Å². The molecule has 0 spiro atoms. The molecule has 0 atom stereocenters. The van der Waals surface area contributed by atoms with Gasteiger partial charge in [-0.1, -0.05) is 121 Å². The van der Waals surface area contributed by atoms with Crippen LogP contribution in [0.5, 0.6) is 0 Å². The number of rotatable bonds is 3. The summed E-state index contributed by atoms with van der Waals surface area (Å²) < 4.78 is 28.8. The van der Waals surface area contributed by atoms with Gasteiger partial charge >= 0.3 is 0 Å². The molecule has 0 aliphatic heterocycles. The number of fused-ring (bicyclic) bond motifs is 6. The Bertz CT molecular complexity index is 1830. The molecule has 0 saturated carbocycles. The molecule has 0 fully saturated rings. The van der Waals surface area contributed by atoms with Gasteiger partial charge in [-0.05, 0) is 102 Å².